The second-order valence-corrected chi connectivity index (χ2v) is 5.05. The van der Waals surface area contributed by atoms with Crippen LogP contribution < -0.4 is 9.44 Å². The molecule has 1 rings (SSSR count). The molecule has 0 aliphatic heterocycles. The molecule has 9 heteroatoms. The molecular formula is C9H12ClN3O4S. The average molecular weight is 294 g/mol. The molecule has 0 atom stereocenters. The van der Waals surface area contributed by atoms with Gasteiger partial charge in [0, 0.05) is 6.20 Å². The Morgan fingerprint density at radius 1 is 1.56 bits per heavy atom. The molecule has 1 aromatic heterocycles. The largest absolute Gasteiger partial charge is 0.449 e. The zero-order valence-electron chi connectivity index (χ0n) is 9.73. The normalized spacial score (nSPS) is 10.8. The van der Waals surface area contributed by atoms with Gasteiger partial charge in [0.05, 0.1) is 12.3 Å². The molecule has 1 heterocycles. The topological polar surface area (TPSA) is 97.4 Å². The Labute approximate surface area is 110 Å². The van der Waals surface area contributed by atoms with E-state index in [9.17, 15) is 13.2 Å². The Morgan fingerprint density at radius 3 is 2.83 bits per heavy atom. The maximum absolute atomic E-state index is 11.5. The molecule has 0 aliphatic carbocycles. The molecule has 1 amide bonds. The third-order valence-corrected chi connectivity index (χ3v) is 2.94. The van der Waals surface area contributed by atoms with Gasteiger partial charge in [0.25, 0.3) is 0 Å². The van der Waals surface area contributed by atoms with Crippen LogP contribution in [0.1, 0.15) is 12.5 Å². The molecule has 100 valence electrons. The molecular weight excluding hydrogens is 282 g/mol. The van der Waals surface area contributed by atoms with E-state index in [-0.39, 0.29) is 17.4 Å². The van der Waals surface area contributed by atoms with Gasteiger partial charge in [-0.1, -0.05) is 11.6 Å². The highest BCUT2D eigenvalue weighted by molar-refractivity contribution is 7.91. The first-order chi connectivity index (χ1) is 8.34. The minimum Gasteiger partial charge on any atom is -0.449 e. The molecule has 0 spiro atoms. The minimum absolute atomic E-state index is 0.0187. The van der Waals surface area contributed by atoms with Gasteiger partial charge < -0.3 is 4.74 Å². The smallest absolute Gasteiger partial charge is 0.422 e. The van der Waals surface area contributed by atoms with Crippen molar-refractivity contribution in [2.45, 2.75) is 13.8 Å². The summed E-state index contributed by atoms with van der Waals surface area (Å²) in [5.74, 6) is 0. The van der Waals surface area contributed by atoms with Gasteiger partial charge in [0.1, 0.15) is 0 Å². The summed E-state index contributed by atoms with van der Waals surface area (Å²) in [6.07, 6.45) is 0.417. The van der Waals surface area contributed by atoms with E-state index in [2.05, 4.69) is 14.4 Å². The molecule has 0 aromatic carbocycles. The van der Waals surface area contributed by atoms with Crippen LogP contribution in [0.5, 0.6) is 0 Å². The van der Waals surface area contributed by atoms with Crippen LogP contribution in [0, 0.1) is 6.92 Å². The minimum atomic E-state index is -4.09. The number of nitrogens with zero attached hydrogens (tertiary/aromatic N) is 1. The molecule has 0 aliphatic rings. The van der Waals surface area contributed by atoms with Crippen molar-refractivity contribution >= 4 is 33.6 Å². The lowest BCUT2D eigenvalue weighted by Crippen LogP contribution is -2.35. The number of amides is 1. The standard InChI is InChI=1S/C9H12ClN3O4S/c1-3-17-9(14)13-18(15,16)12-7-4-6(2)5-11-8(7)10/h4-5,12H,3H2,1-2H3,(H,13,14). The van der Waals surface area contributed by atoms with Crippen molar-refractivity contribution in [2.24, 2.45) is 0 Å². The maximum Gasteiger partial charge on any atom is 0.422 e. The van der Waals surface area contributed by atoms with Crippen LogP contribution in [0.15, 0.2) is 12.3 Å². The van der Waals surface area contributed by atoms with E-state index >= 15 is 0 Å². The van der Waals surface area contributed by atoms with Crippen molar-refractivity contribution in [2.75, 3.05) is 11.3 Å². The van der Waals surface area contributed by atoms with Crippen molar-refractivity contribution in [1.82, 2.24) is 9.71 Å². The lowest BCUT2D eigenvalue weighted by Gasteiger charge is -2.10. The van der Waals surface area contributed by atoms with E-state index < -0.39 is 16.3 Å². The highest BCUT2D eigenvalue weighted by Gasteiger charge is 2.16. The quantitative estimate of drug-likeness (QED) is 0.819. The van der Waals surface area contributed by atoms with Crippen LogP contribution in [-0.4, -0.2) is 26.1 Å². The Hall–Kier alpha value is -1.54. The van der Waals surface area contributed by atoms with Crippen molar-refractivity contribution < 1.29 is 17.9 Å². The first-order valence-corrected chi connectivity index (χ1v) is 6.79. The fourth-order valence-corrected chi connectivity index (χ4v) is 2.05. The van der Waals surface area contributed by atoms with Gasteiger partial charge in [0.2, 0.25) is 0 Å². The number of hydrogen-bond donors (Lipinski definition) is 2. The number of nitrogens with one attached hydrogen (secondary N) is 2. The van der Waals surface area contributed by atoms with Crippen LogP contribution in [0.4, 0.5) is 10.5 Å². The number of carbonyl (C=O) groups excluding carboxylic acids is 1. The number of ether oxygens (including phenoxy) is 1. The number of aromatic nitrogens is 1. The summed E-state index contributed by atoms with van der Waals surface area (Å²) in [7, 11) is -4.09. The fraction of sp³-hybridized carbons (Fsp3) is 0.333. The van der Waals surface area contributed by atoms with Gasteiger partial charge in [-0.2, -0.15) is 8.42 Å². The van der Waals surface area contributed by atoms with Gasteiger partial charge in [-0.05, 0) is 25.5 Å². The van der Waals surface area contributed by atoms with Crippen molar-refractivity contribution in [3.63, 3.8) is 0 Å². The summed E-state index contributed by atoms with van der Waals surface area (Å²) in [5, 5.41) is -0.0187. The second kappa shape index (κ2) is 5.87. The Bertz CT molecular complexity index is 547. The van der Waals surface area contributed by atoms with Gasteiger partial charge in [-0.3, -0.25) is 4.72 Å². The van der Waals surface area contributed by atoms with Gasteiger partial charge in [0.15, 0.2) is 5.15 Å². The predicted octanol–water partition coefficient (Wildman–Crippen LogP) is 1.45. The summed E-state index contributed by atoms with van der Waals surface area (Å²) in [5.41, 5.74) is 0.793. The van der Waals surface area contributed by atoms with Gasteiger partial charge in [-0.15, -0.1) is 0 Å². The number of anilines is 1. The van der Waals surface area contributed by atoms with Crippen LogP contribution in [-0.2, 0) is 14.9 Å². The second-order valence-electron chi connectivity index (χ2n) is 3.28. The summed E-state index contributed by atoms with van der Waals surface area (Å²) in [6.45, 7) is 3.34. The Morgan fingerprint density at radius 2 is 2.22 bits per heavy atom. The first kappa shape index (κ1) is 14.5. The molecule has 0 unspecified atom stereocenters. The van der Waals surface area contributed by atoms with E-state index in [4.69, 9.17) is 11.6 Å². The highest BCUT2D eigenvalue weighted by Crippen LogP contribution is 2.20. The number of pyridine rings is 1. The van der Waals surface area contributed by atoms with E-state index in [0.717, 1.165) is 0 Å². The van der Waals surface area contributed by atoms with Crippen molar-refractivity contribution in [1.29, 1.82) is 0 Å². The fourth-order valence-electron chi connectivity index (χ4n) is 1.06. The van der Waals surface area contributed by atoms with Gasteiger partial charge >= 0.3 is 16.3 Å². The molecule has 18 heavy (non-hydrogen) atoms. The van der Waals surface area contributed by atoms with Crippen LogP contribution in [0.2, 0.25) is 5.15 Å². The molecule has 0 saturated carbocycles. The van der Waals surface area contributed by atoms with Gasteiger partial charge in [-0.25, -0.2) is 14.5 Å². The lowest BCUT2D eigenvalue weighted by molar-refractivity contribution is 0.159. The van der Waals surface area contributed by atoms with Crippen LogP contribution >= 0.6 is 11.6 Å². The van der Waals surface area contributed by atoms with E-state index in [1.165, 1.54) is 12.3 Å². The van der Waals surface area contributed by atoms with E-state index in [1.807, 2.05) is 0 Å². The third-order valence-electron chi connectivity index (χ3n) is 1.71. The first-order valence-electron chi connectivity index (χ1n) is 4.93. The number of hydrogen-bond acceptors (Lipinski definition) is 5. The maximum atomic E-state index is 11.5. The molecule has 0 fully saturated rings. The highest BCUT2D eigenvalue weighted by atomic mass is 35.5. The molecule has 0 bridgehead atoms. The van der Waals surface area contributed by atoms with Crippen molar-refractivity contribution in [3.8, 4) is 0 Å². The molecule has 7 nitrogen and oxygen atoms in total. The Balaban J connectivity index is 2.82. The van der Waals surface area contributed by atoms with Crippen molar-refractivity contribution in [3.05, 3.63) is 23.0 Å². The Kier molecular flexibility index (Phi) is 4.74. The summed E-state index contributed by atoms with van der Waals surface area (Å²) < 4.78 is 31.3. The SMILES string of the molecule is CCOC(=O)NS(=O)(=O)Nc1cc(C)cnc1Cl. The van der Waals surface area contributed by atoms with Crippen LogP contribution in [0.3, 0.4) is 0 Å². The molecule has 0 saturated heterocycles. The zero-order valence-corrected chi connectivity index (χ0v) is 11.3. The van der Waals surface area contributed by atoms with E-state index in [0.29, 0.717) is 5.56 Å². The molecule has 0 radical (unpaired) electrons. The average Bonchev–Trinajstić information content (AvgIpc) is 2.22. The number of halogens is 1. The number of carbonyl (C=O) groups is 1. The monoisotopic (exact) mass is 293 g/mol. The van der Waals surface area contributed by atoms with Crippen LogP contribution in [0.25, 0.3) is 0 Å². The molecule has 1 aromatic rings. The third kappa shape index (κ3) is 4.38. The number of rotatable bonds is 4. The summed E-state index contributed by atoms with van der Waals surface area (Å²) >= 11 is 5.72. The summed E-state index contributed by atoms with van der Waals surface area (Å²) in [4.78, 5) is 14.8. The lowest BCUT2D eigenvalue weighted by atomic mass is 10.3. The molecule has 2 N–H and O–H groups in total. The predicted molar refractivity (Wildman–Crippen MR) is 66.7 cm³/mol. The zero-order chi connectivity index (χ0) is 13.8. The van der Waals surface area contributed by atoms with E-state index in [1.54, 1.807) is 18.6 Å². The summed E-state index contributed by atoms with van der Waals surface area (Å²) in [6, 6.07) is 1.49. The number of aryl methyl sites for hydroxylation is 1.